The van der Waals surface area contributed by atoms with Crippen molar-refractivity contribution in [3.05, 3.63) is 344 Å². The molecule has 0 amide bonds. The smallest absolute Gasteiger partial charge is 0.0713 e. The molecule has 0 saturated heterocycles. The lowest BCUT2D eigenvalue weighted by atomic mass is 9.67. The van der Waals surface area contributed by atoms with E-state index in [2.05, 4.69) is 326 Å². The molecule has 1 heteroatoms. The molecule has 1 aliphatic rings. The van der Waals surface area contributed by atoms with Gasteiger partial charge in [-0.05, 0) is 166 Å². The molecule has 13 aromatic rings. The number of hydrogen-bond acceptors (Lipinski definition) is 1. The van der Waals surface area contributed by atoms with E-state index in [-0.39, 0.29) is 0 Å². The molecule has 0 unspecified atom stereocenters. The molecule has 0 radical (unpaired) electrons. The zero-order chi connectivity index (χ0) is 51.8. The lowest BCUT2D eigenvalue weighted by Crippen LogP contribution is -2.28. The van der Waals surface area contributed by atoms with Crippen LogP contribution in [0.2, 0.25) is 0 Å². The Hall–Kier alpha value is -10.1. The van der Waals surface area contributed by atoms with Crippen molar-refractivity contribution in [2.45, 2.75) is 5.41 Å². The summed E-state index contributed by atoms with van der Waals surface area (Å²) in [6.07, 6.45) is 0. The van der Waals surface area contributed by atoms with Crippen LogP contribution in [-0.2, 0) is 5.41 Å². The van der Waals surface area contributed by atoms with Crippen molar-refractivity contribution in [1.82, 2.24) is 0 Å². The molecule has 0 aromatic heterocycles. The second-order valence-corrected chi connectivity index (χ2v) is 20.4. The molecule has 0 aliphatic heterocycles. The fourth-order valence-corrected chi connectivity index (χ4v) is 12.2. The third-order valence-corrected chi connectivity index (χ3v) is 16.0. The first-order valence-electron chi connectivity index (χ1n) is 27.0. The molecular formula is C77H53N. The van der Waals surface area contributed by atoms with Gasteiger partial charge in [0.25, 0.3) is 0 Å². The highest BCUT2D eigenvalue weighted by Crippen LogP contribution is 2.57. The van der Waals surface area contributed by atoms with E-state index >= 15 is 0 Å². The van der Waals surface area contributed by atoms with Gasteiger partial charge in [-0.1, -0.05) is 267 Å². The van der Waals surface area contributed by atoms with Gasteiger partial charge >= 0.3 is 0 Å². The van der Waals surface area contributed by atoms with Crippen molar-refractivity contribution in [3.63, 3.8) is 0 Å². The van der Waals surface area contributed by atoms with Crippen LogP contribution in [0.3, 0.4) is 0 Å². The molecule has 0 atom stereocenters. The average Bonchev–Trinajstić information content (AvgIpc) is 4.05. The highest BCUT2D eigenvalue weighted by Gasteiger charge is 2.46. The van der Waals surface area contributed by atoms with Crippen LogP contribution in [0.25, 0.3) is 88.7 Å². The number of nitrogens with zero attached hydrogens (tertiary/aromatic N) is 1. The van der Waals surface area contributed by atoms with Crippen molar-refractivity contribution >= 4 is 27.8 Å². The molecule has 0 saturated carbocycles. The summed E-state index contributed by atoms with van der Waals surface area (Å²) in [7, 11) is 0. The first-order chi connectivity index (χ1) is 38.7. The first-order valence-corrected chi connectivity index (χ1v) is 27.0. The largest absolute Gasteiger partial charge is 0.311 e. The molecule has 0 N–H and O–H groups in total. The van der Waals surface area contributed by atoms with Gasteiger partial charge in [0, 0.05) is 17.1 Å². The molecule has 14 rings (SSSR count). The van der Waals surface area contributed by atoms with Crippen LogP contribution in [0, 0.1) is 0 Å². The minimum Gasteiger partial charge on any atom is -0.311 e. The molecule has 1 aliphatic carbocycles. The minimum absolute atomic E-state index is 0.464. The van der Waals surface area contributed by atoms with Gasteiger partial charge in [-0.15, -0.1) is 0 Å². The maximum atomic E-state index is 2.45. The maximum absolute atomic E-state index is 2.45. The van der Waals surface area contributed by atoms with Crippen LogP contribution < -0.4 is 4.90 Å². The Morgan fingerprint density at radius 3 is 1.13 bits per heavy atom. The molecule has 0 spiro atoms. The minimum atomic E-state index is -0.464. The fraction of sp³-hybridized carbons (Fsp3) is 0.0130. The molecule has 13 aromatic carbocycles. The average molecular weight is 992 g/mol. The van der Waals surface area contributed by atoms with E-state index in [0.29, 0.717) is 0 Å². The Morgan fingerprint density at radius 1 is 0.192 bits per heavy atom. The van der Waals surface area contributed by atoms with Crippen molar-refractivity contribution in [1.29, 1.82) is 0 Å². The van der Waals surface area contributed by atoms with Gasteiger partial charge in [0.1, 0.15) is 0 Å². The Balaban J connectivity index is 0.810. The Kier molecular flexibility index (Phi) is 11.8. The van der Waals surface area contributed by atoms with Gasteiger partial charge in [-0.3, -0.25) is 0 Å². The predicted octanol–water partition coefficient (Wildman–Crippen LogP) is 20.7. The number of benzene rings is 13. The number of hydrogen-bond donors (Lipinski definition) is 0. The van der Waals surface area contributed by atoms with E-state index in [1.54, 1.807) is 0 Å². The summed E-state index contributed by atoms with van der Waals surface area (Å²) >= 11 is 0. The molecule has 0 bridgehead atoms. The van der Waals surface area contributed by atoms with Crippen molar-refractivity contribution in [2.75, 3.05) is 4.90 Å². The molecule has 1 nitrogen and oxygen atoms in total. The second kappa shape index (κ2) is 19.9. The van der Waals surface area contributed by atoms with Gasteiger partial charge in [-0.25, -0.2) is 0 Å². The molecule has 0 heterocycles. The monoisotopic (exact) mass is 991 g/mol. The Labute approximate surface area is 457 Å². The predicted molar refractivity (Wildman–Crippen MR) is 329 cm³/mol. The summed E-state index contributed by atoms with van der Waals surface area (Å²) in [5.41, 5.74) is 24.8. The van der Waals surface area contributed by atoms with Gasteiger partial charge in [-0.2, -0.15) is 0 Å². The highest BCUT2D eigenvalue weighted by molar-refractivity contribution is 5.91. The fourth-order valence-electron chi connectivity index (χ4n) is 12.2. The van der Waals surface area contributed by atoms with E-state index in [1.165, 1.54) is 111 Å². The maximum Gasteiger partial charge on any atom is 0.0713 e. The third-order valence-electron chi connectivity index (χ3n) is 16.0. The highest BCUT2D eigenvalue weighted by atomic mass is 15.1. The Morgan fingerprint density at radius 2 is 0.551 bits per heavy atom. The summed E-state index contributed by atoms with van der Waals surface area (Å²) in [5.74, 6) is 0. The lowest BCUT2D eigenvalue weighted by molar-refractivity contribution is 0.769. The van der Waals surface area contributed by atoms with Gasteiger partial charge in [0.2, 0.25) is 0 Å². The van der Waals surface area contributed by atoms with E-state index in [0.717, 1.165) is 17.1 Å². The van der Waals surface area contributed by atoms with Crippen molar-refractivity contribution < 1.29 is 0 Å². The van der Waals surface area contributed by atoms with Gasteiger partial charge in [0.05, 0.1) is 5.41 Å². The van der Waals surface area contributed by atoms with E-state index in [4.69, 9.17) is 0 Å². The number of fused-ring (bicyclic) bond motifs is 4. The van der Waals surface area contributed by atoms with Crippen LogP contribution in [0.15, 0.2) is 322 Å². The normalized spacial score (nSPS) is 12.2. The standard InChI is InChI=1S/C77H53N/c1-4-18-59(19-5-1)71-27-12-13-28-72(71)60-41-48-70(49-42-60)78(68-44-37-56(38-45-68)55-31-33-57(34-32-55)62-21-16-22-63(51-62)64-36-35-54-17-10-11-20-61(54)52-64)69-46-39-58(40-47-69)65-43-50-74-73-29-14-15-30-75(73)77(76(74)53-65,66-23-6-2-7-24-66)67-25-8-3-9-26-67/h1-53H. The zero-order valence-electron chi connectivity index (χ0n) is 43.0. The topological polar surface area (TPSA) is 3.24 Å². The molecule has 78 heavy (non-hydrogen) atoms. The second-order valence-electron chi connectivity index (χ2n) is 20.4. The summed E-state index contributed by atoms with van der Waals surface area (Å²) in [5, 5.41) is 2.51. The van der Waals surface area contributed by atoms with Crippen LogP contribution in [0.4, 0.5) is 17.1 Å². The van der Waals surface area contributed by atoms with Gasteiger partial charge in [0.15, 0.2) is 0 Å². The van der Waals surface area contributed by atoms with Crippen molar-refractivity contribution in [2.24, 2.45) is 0 Å². The van der Waals surface area contributed by atoms with Crippen LogP contribution in [0.1, 0.15) is 22.3 Å². The summed E-state index contributed by atoms with van der Waals surface area (Å²) in [4.78, 5) is 2.38. The van der Waals surface area contributed by atoms with E-state index in [9.17, 15) is 0 Å². The van der Waals surface area contributed by atoms with E-state index in [1.807, 2.05) is 0 Å². The quantitative estimate of drug-likeness (QED) is 0.125. The molecular weight excluding hydrogens is 939 g/mol. The number of anilines is 3. The van der Waals surface area contributed by atoms with E-state index < -0.39 is 5.41 Å². The summed E-state index contributed by atoms with van der Waals surface area (Å²) in [6, 6.07) is 118. The number of rotatable bonds is 11. The summed E-state index contributed by atoms with van der Waals surface area (Å²) < 4.78 is 0. The Bertz CT molecular complexity index is 4220. The molecule has 366 valence electrons. The van der Waals surface area contributed by atoms with Crippen LogP contribution in [-0.4, -0.2) is 0 Å². The van der Waals surface area contributed by atoms with Crippen LogP contribution >= 0.6 is 0 Å². The lowest BCUT2D eigenvalue weighted by Gasteiger charge is -2.34. The first kappa shape index (κ1) is 46.5. The summed E-state index contributed by atoms with van der Waals surface area (Å²) in [6.45, 7) is 0. The van der Waals surface area contributed by atoms with Crippen molar-refractivity contribution in [3.8, 4) is 77.9 Å². The SMILES string of the molecule is c1ccc(-c2ccccc2-c2ccc(N(c3ccc(-c4ccc(-c5cccc(-c6ccc7ccccc7c6)c5)cc4)cc3)c3ccc(-c4ccc5c(c4)C(c4ccccc4)(c4ccccc4)c4ccccc4-5)cc3)cc2)cc1. The van der Waals surface area contributed by atoms with Gasteiger partial charge < -0.3 is 4.90 Å². The zero-order valence-corrected chi connectivity index (χ0v) is 43.0. The molecule has 0 fully saturated rings. The third kappa shape index (κ3) is 8.30. The van der Waals surface area contributed by atoms with Crippen LogP contribution in [0.5, 0.6) is 0 Å².